The van der Waals surface area contributed by atoms with Crippen molar-refractivity contribution in [3.63, 3.8) is 0 Å². The van der Waals surface area contributed by atoms with Gasteiger partial charge < -0.3 is 19.7 Å². The molecule has 0 aliphatic carbocycles. The Hall–Kier alpha value is -3.11. The van der Waals surface area contributed by atoms with Crippen LogP contribution in [0.1, 0.15) is 24.2 Å². The van der Waals surface area contributed by atoms with Crippen LogP contribution in [0.5, 0.6) is 5.75 Å². The monoisotopic (exact) mass is 461 g/mol. The molecule has 0 radical (unpaired) electrons. The lowest BCUT2D eigenvalue weighted by Crippen LogP contribution is -2.50. The van der Waals surface area contributed by atoms with Crippen LogP contribution in [-0.2, 0) is 14.8 Å². The molecule has 3 rings (SSSR count). The van der Waals surface area contributed by atoms with E-state index >= 15 is 0 Å². The number of piperazine rings is 1. The summed E-state index contributed by atoms with van der Waals surface area (Å²) < 4.78 is 37.5. The molecule has 0 bridgehead atoms. The fraction of sp³-hybridized carbons (Fsp3) is 0.364. The predicted molar refractivity (Wildman–Crippen MR) is 119 cm³/mol. The van der Waals surface area contributed by atoms with E-state index in [2.05, 4.69) is 5.32 Å². The average molecular weight is 462 g/mol. The summed E-state index contributed by atoms with van der Waals surface area (Å²) >= 11 is 0. The Balaban J connectivity index is 1.61. The summed E-state index contributed by atoms with van der Waals surface area (Å²) in [7, 11) is -3.73. The van der Waals surface area contributed by atoms with Gasteiger partial charge in [-0.3, -0.25) is 4.79 Å². The summed E-state index contributed by atoms with van der Waals surface area (Å²) in [6, 6.07) is 12.8. The third kappa shape index (κ3) is 5.57. The number of benzene rings is 2. The number of rotatable bonds is 7. The summed E-state index contributed by atoms with van der Waals surface area (Å²) in [5.74, 6) is 0.365. The molecule has 9 nitrogen and oxygen atoms in total. The summed E-state index contributed by atoms with van der Waals surface area (Å²) in [4.78, 5) is 25.9. The second-order valence-electron chi connectivity index (χ2n) is 7.03. The number of carbonyl (C=O) groups excluding carboxylic acids is 2. The maximum absolute atomic E-state index is 12.9. The Morgan fingerprint density at radius 2 is 1.53 bits per heavy atom. The Kier molecular flexibility index (Phi) is 7.70. The van der Waals surface area contributed by atoms with Gasteiger partial charge in [0.2, 0.25) is 10.0 Å². The molecule has 1 fully saturated rings. The first-order valence-corrected chi connectivity index (χ1v) is 11.8. The van der Waals surface area contributed by atoms with Crippen molar-refractivity contribution >= 4 is 27.7 Å². The van der Waals surface area contributed by atoms with Crippen LogP contribution in [0.2, 0.25) is 0 Å². The molecule has 1 saturated heterocycles. The largest absolute Gasteiger partial charge is 0.494 e. The fourth-order valence-corrected chi connectivity index (χ4v) is 4.68. The first kappa shape index (κ1) is 23.6. The highest BCUT2D eigenvalue weighted by Gasteiger charge is 2.30. The molecule has 10 heteroatoms. The van der Waals surface area contributed by atoms with Crippen LogP contribution >= 0.6 is 0 Å². The molecule has 0 spiro atoms. The first-order valence-electron chi connectivity index (χ1n) is 10.4. The van der Waals surface area contributed by atoms with Gasteiger partial charge in [-0.2, -0.15) is 4.31 Å². The zero-order valence-corrected chi connectivity index (χ0v) is 18.9. The molecule has 0 saturated carbocycles. The summed E-state index contributed by atoms with van der Waals surface area (Å²) in [5, 5.41) is 2.77. The van der Waals surface area contributed by atoms with Crippen molar-refractivity contribution in [3.8, 4) is 5.75 Å². The number of anilines is 1. The molecule has 1 heterocycles. The van der Waals surface area contributed by atoms with Gasteiger partial charge in [-0.15, -0.1) is 0 Å². The second-order valence-corrected chi connectivity index (χ2v) is 8.96. The van der Waals surface area contributed by atoms with Crippen LogP contribution in [0.15, 0.2) is 53.4 Å². The number of nitrogens with one attached hydrogen (secondary N) is 1. The van der Waals surface area contributed by atoms with E-state index in [1.807, 2.05) is 6.92 Å². The highest BCUT2D eigenvalue weighted by molar-refractivity contribution is 7.89. The van der Waals surface area contributed by atoms with E-state index in [9.17, 15) is 18.0 Å². The molecule has 0 aromatic heterocycles. The van der Waals surface area contributed by atoms with Crippen LogP contribution in [0.3, 0.4) is 0 Å². The minimum Gasteiger partial charge on any atom is -0.494 e. The lowest BCUT2D eigenvalue weighted by Gasteiger charge is -2.33. The molecule has 1 N–H and O–H groups in total. The van der Waals surface area contributed by atoms with E-state index in [1.165, 1.54) is 33.5 Å². The van der Waals surface area contributed by atoms with Gasteiger partial charge in [0.05, 0.1) is 18.1 Å². The summed E-state index contributed by atoms with van der Waals surface area (Å²) in [6.07, 6.45) is -0.438. The van der Waals surface area contributed by atoms with Gasteiger partial charge in [0.25, 0.3) is 5.91 Å². The van der Waals surface area contributed by atoms with Gasteiger partial charge in [-0.05, 0) is 62.4 Å². The van der Waals surface area contributed by atoms with E-state index in [0.717, 1.165) is 0 Å². The first-order chi connectivity index (χ1) is 15.3. The number of sulfonamides is 1. The number of nitrogens with zero attached hydrogens (tertiary/aromatic N) is 2. The Morgan fingerprint density at radius 3 is 2.09 bits per heavy atom. The number of hydrogen-bond acceptors (Lipinski definition) is 6. The summed E-state index contributed by atoms with van der Waals surface area (Å²) in [5.41, 5.74) is 0.944. The lowest BCUT2D eigenvalue weighted by atomic mass is 10.2. The zero-order chi connectivity index (χ0) is 23.1. The summed E-state index contributed by atoms with van der Waals surface area (Å²) in [6.45, 7) is 5.34. The number of ether oxygens (including phenoxy) is 2. The molecule has 2 aromatic rings. The molecule has 32 heavy (non-hydrogen) atoms. The zero-order valence-electron chi connectivity index (χ0n) is 18.1. The van der Waals surface area contributed by atoms with Gasteiger partial charge in [0.15, 0.2) is 0 Å². The Bertz CT molecular complexity index is 1030. The topological polar surface area (TPSA) is 105 Å². The van der Waals surface area contributed by atoms with Crippen LogP contribution in [0, 0.1) is 0 Å². The third-order valence-corrected chi connectivity index (χ3v) is 6.85. The Labute approximate surface area is 188 Å². The van der Waals surface area contributed by atoms with Crippen LogP contribution in [-0.4, -0.2) is 69.0 Å². The van der Waals surface area contributed by atoms with E-state index in [1.54, 1.807) is 31.2 Å². The molecule has 0 unspecified atom stereocenters. The van der Waals surface area contributed by atoms with Crippen molar-refractivity contribution in [1.82, 2.24) is 9.21 Å². The maximum Gasteiger partial charge on any atom is 0.409 e. The van der Waals surface area contributed by atoms with E-state index in [4.69, 9.17) is 9.47 Å². The molecule has 2 amide bonds. The molecule has 0 atom stereocenters. The van der Waals surface area contributed by atoms with Crippen molar-refractivity contribution in [2.75, 3.05) is 44.7 Å². The average Bonchev–Trinajstić information content (AvgIpc) is 2.81. The number of amides is 2. The van der Waals surface area contributed by atoms with Crippen molar-refractivity contribution < 1.29 is 27.5 Å². The molecule has 2 aromatic carbocycles. The molecule has 172 valence electrons. The fourth-order valence-electron chi connectivity index (χ4n) is 3.26. The van der Waals surface area contributed by atoms with Gasteiger partial charge in [-0.25, -0.2) is 13.2 Å². The molecule has 1 aliphatic rings. The highest BCUT2D eigenvalue weighted by Crippen LogP contribution is 2.20. The number of hydrogen-bond donors (Lipinski definition) is 1. The quantitative estimate of drug-likeness (QED) is 0.680. The van der Waals surface area contributed by atoms with Crippen molar-refractivity contribution in [2.24, 2.45) is 0 Å². The van der Waals surface area contributed by atoms with Crippen molar-refractivity contribution in [2.45, 2.75) is 18.7 Å². The van der Waals surface area contributed by atoms with Crippen molar-refractivity contribution in [1.29, 1.82) is 0 Å². The van der Waals surface area contributed by atoms with Gasteiger partial charge >= 0.3 is 6.09 Å². The third-order valence-electron chi connectivity index (χ3n) is 4.94. The van der Waals surface area contributed by atoms with Gasteiger partial charge in [-0.1, -0.05) is 0 Å². The Morgan fingerprint density at radius 1 is 0.906 bits per heavy atom. The van der Waals surface area contributed by atoms with Crippen LogP contribution in [0.4, 0.5) is 10.5 Å². The van der Waals surface area contributed by atoms with Crippen molar-refractivity contribution in [3.05, 3.63) is 54.1 Å². The SMILES string of the molecule is CCOC(=O)N1CCN(S(=O)(=O)c2ccc(C(=O)Nc3ccc(OCC)cc3)cc2)CC1. The predicted octanol–water partition coefficient (Wildman–Crippen LogP) is 2.80. The highest BCUT2D eigenvalue weighted by atomic mass is 32.2. The standard InChI is InChI=1S/C22H27N3O6S/c1-3-30-19-9-7-18(8-10-19)23-21(26)17-5-11-20(12-6-17)32(28,29)25-15-13-24(14-16-25)22(27)31-4-2/h5-12H,3-4,13-16H2,1-2H3,(H,23,26). The normalized spacial score (nSPS) is 14.6. The molecular formula is C22H27N3O6S. The smallest absolute Gasteiger partial charge is 0.409 e. The van der Waals surface area contributed by atoms with Gasteiger partial charge in [0.1, 0.15) is 5.75 Å². The van der Waals surface area contributed by atoms with E-state index in [0.29, 0.717) is 23.6 Å². The molecule has 1 aliphatic heterocycles. The lowest BCUT2D eigenvalue weighted by molar-refractivity contribution is 0.0933. The minimum atomic E-state index is -3.73. The molecular weight excluding hydrogens is 434 g/mol. The minimum absolute atomic E-state index is 0.0969. The number of carbonyl (C=O) groups is 2. The van der Waals surface area contributed by atoms with Crippen LogP contribution < -0.4 is 10.1 Å². The van der Waals surface area contributed by atoms with Gasteiger partial charge in [0, 0.05) is 37.4 Å². The second kappa shape index (κ2) is 10.5. The maximum atomic E-state index is 12.9. The van der Waals surface area contributed by atoms with E-state index < -0.39 is 16.1 Å². The van der Waals surface area contributed by atoms with E-state index in [-0.39, 0.29) is 43.6 Å². The van der Waals surface area contributed by atoms with Crippen LogP contribution in [0.25, 0.3) is 0 Å².